The minimum atomic E-state index is -0.982. The van der Waals surface area contributed by atoms with Crippen LogP contribution in [0.2, 0.25) is 0 Å². The molecule has 0 saturated carbocycles. The standard InChI is InChI=1S/C10H8BrNO3/c1-15-9-5-4-8(10(13)14)12-7(5)3-2-6(9)11/h2-4,12H,1H3,(H,13,14). The summed E-state index contributed by atoms with van der Waals surface area (Å²) in [6.45, 7) is 0. The maximum absolute atomic E-state index is 10.8. The number of hydrogen-bond donors (Lipinski definition) is 2. The molecule has 2 N–H and O–H groups in total. The van der Waals surface area contributed by atoms with E-state index < -0.39 is 5.97 Å². The minimum Gasteiger partial charge on any atom is -0.495 e. The molecule has 0 aliphatic rings. The third-order valence-electron chi connectivity index (χ3n) is 2.14. The lowest BCUT2D eigenvalue weighted by Gasteiger charge is -2.03. The number of hydrogen-bond acceptors (Lipinski definition) is 2. The summed E-state index contributed by atoms with van der Waals surface area (Å²) >= 11 is 3.34. The molecule has 15 heavy (non-hydrogen) atoms. The number of carboxylic acids is 1. The number of H-pyrrole nitrogens is 1. The molecule has 2 rings (SSSR count). The van der Waals surface area contributed by atoms with Crippen molar-refractivity contribution < 1.29 is 14.6 Å². The van der Waals surface area contributed by atoms with E-state index in [9.17, 15) is 4.79 Å². The SMILES string of the molecule is COc1c(Br)ccc2[nH]c(C(=O)O)cc12. The molecule has 5 heteroatoms. The average Bonchev–Trinajstić information content (AvgIpc) is 2.61. The van der Waals surface area contributed by atoms with Gasteiger partial charge in [-0.2, -0.15) is 0 Å². The Morgan fingerprint density at radius 2 is 2.27 bits per heavy atom. The molecule has 0 saturated heterocycles. The van der Waals surface area contributed by atoms with Gasteiger partial charge >= 0.3 is 5.97 Å². The van der Waals surface area contributed by atoms with Crippen molar-refractivity contribution in [1.29, 1.82) is 0 Å². The van der Waals surface area contributed by atoms with Crippen molar-refractivity contribution in [3.63, 3.8) is 0 Å². The van der Waals surface area contributed by atoms with E-state index in [-0.39, 0.29) is 5.69 Å². The van der Waals surface area contributed by atoms with Gasteiger partial charge < -0.3 is 14.8 Å². The highest BCUT2D eigenvalue weighted by molar-refractivity contribution is 9.10. The normalized spacial score (nSPS) is 10.5. The van der Waals surface area contributed by atoms with Gasteiger partial charge in [-0.3, -0.25) is 0 Å². The second-order valence-electron chi connectivity index (χ2n) is 3.03. The Hall–Kier alpha value is -1.49. The van der Waals surface area contributed by atoms with Crippen LogP contribution in [0.4, 0.5) is 0 Å². The number of carboxylic acid groups (broad SMARTS) is 1. The Balaban J connectivity index is 2.75. The summed E-state index contributed by atoms with van der Waals surface area (Å²) in [5, 5.41) is 9.59. The van der Waals surface area contributed by atoms with Crippen molar-refractivity contribution >= 4 is 32.8 Å². The van der Waals surface area contributed by atoms with Crippen LogP contribution < -0.4 is 4.74 Å². The van der Waals surface area contributed by atoms with Gasteiger partial charge in [0.15, 0.2) is 0 Å². The molecule has 0 atom stereocenters. The first-order valence-corrected chi connectivity index (χ1v) is 5.01. The molecule has 2 aromatic rings. The van der Waals surface area contributed by atoms with Crippen LogP contribution in [-0.2, 0) is 0 Å². The first-order valence-electron chi connectivity index (χ1n) is 4.22. The third-order valence-corrected chi connectivity index (χ3v) is 2.77. The van der Waals surface area contributed by atoms with Crippen LogP contribution in [0.5, 0.6) is 5.75 Å². The largest absolute Gasteiger partial charge is 0.495 e. The van der Waals surface area contributed by atoms with E-state index in [1.807, 2.05) is 6.07 Å². The highest BCUT2D eigenvalue weighted by atomic mass is 79.9. The Labute approximate surface area is 94.0 Å². The Morgan fingerprint density at radius 1 is 1.53 bits per heavy atom. The zero-order valence-electron chi connectivity index (χ0n) is 7.87. The van der Waals surface area contributed by atoms with Crippen LogP contribution >= 0.6 is 15.9 Å². The summed E-state index contributed by atoms with van der Waals surface area (Å²) in [6, 6.07) is 5.17. The topological polar surface area (TPSA) is 62.3 Å². The van der Waals surface area contributed by atoms with Crippen LogP contribution in [0, 0.1) is 0 Å². The van der Waals surface area contributed by atoms with E-state index in [2.05, 4.69) is 20.9 Å². The zero-order chi connectivity index (χ0) is 11.0. The Kier molecular flexibility index (Phi) is 2.40. The number of fused-ring (bicyclic) bond motifs is 1. The maximum atomic E-state index is 10.8. The number of nitrogens with one attached hydrogen (secondary N) is 1. The fourth-order valence-corrected chi connectivity index (χ4v) is 1.98. The molecular weight excluding hydrogens is 262 g/mol. The Bertz CT molecular complexity index is 533. The number of aromatic carboxylic acids is 1. The molecule has 0 aliphatic heterocycles. The molecule has 0 spiro atoms. The molecule has 0 bridgehead atoms. The second-order valence-corrected chi connectivity index (χ2v) is 3.88. The number of aromatic nitrogens is 1. The lowest BCUT2D eigenvalue weighted by atomic mass is 10.2. The van der Waals surface area contributed by atoms with E-state index >= 15 is 0 Å². The van der Waals surface area contributed by atoms with Gasteiger partial charge in [0.1, 0.15) is 11.4 Å². The highest BCUT2D eigenvalue weighted by Crippen LogP contribution is 2.33. The fourth-order valence-electron chi connectivity index (χ4n) is 1.47. The minimum absolute atomic E-state index is 0.154. The predicted molar refractivity (Wildman–Crippen MR) is 59.5 cm³/mol. The molecule has 1 aromatic heterocycles. The van der Waals surface area contributed by atoms with Crippen LogP contribution in [-0.4, -0.2) is 23.2 Å². The zero-order valence-corrected chi connectivity index (χ0v) is 9.46. The van der Waals surface area contributed by atoms with Gasteiger partial charge in [-0.15, -0.1) is 0 Å². The van der Waals surface area contributed by atoms with Gasteiger partial charge in [0.05, 0.1) is 11.6 Å². The summed E-state index contributed by atoms with van der Waals surface area (Å²) in [7, 11) is 1.55. The molecule has 78 valence electrons. The van der Waals surface area contributed by atoms with Crippen molar-refractivity contribution in [1.82, 2.24) is 4.98 Å². The van der Waals surface area contributed by atoms with Gasteiger partial charge in [0.2, 0.25) is 0 Å². The summed E-state index contributed by atoms with van der Waals surface area (Å²) < 4.78 is 5.99. The van der Waals surface area contributed by atoms with Crippen molar-refractivity contribution in [3.8, 4) is 5.75 Å². The molecule has 0 aliphatic carbocycles. The number of methoxy groups -OCH3 is 1. The molecule has 1 aromatic carbocycles. The second kappa shape index (κ2) is 3.58. The predicted octanol–water partition coefficient (Wildman–Crippen LogP) is 2.64. The van der Waals surface area contributed by atoms with Gasteiger partial charge in [-0.1, -0.05) is 0 Å². The summed E-state index contributed by atoms with van der Waals surface area (Å²) in [5.74, 6) is -0.347. The highest BCUT2D eigenvalue weighted by Gasteiger charge is 2.12. The van der Waals surface area contributed by atoms with Gasteiger partial charge in [-0.25, -0.2) is 4.79 Å². The van der Waals surface area contributed by atoms with Crippen molar-refractivity contribution in [2.24, 2.45) is 0 Å². The number of halogens is 1. The number of ether oxygens (including phenoxy) is 1. The molecule has 0 amide bonds. The molecule has 1 heterocycles. The van der Waals surface area contributed by atoms with E-state index in [1.54, 1.807) is 19.2 Å². The Morgan fingerprint density at radius 3 is 2.87 bits per heavy atom. The van der Waals surface area contributed by atoms with E-state index in [0.717, 1.165) is 15.4 Å². The summed E-state index contributed by atoms with van der Waals surface area (Å²) in [4.78, 5) is 13.6. The van der Waals surface area contributed by atoms with Crippen molar-refractivity contribution in [2.75, 3.05) is 7.11 Å². The van der Waals surface area contributed by atoms with Crippen LogP contribution in [0.15, 0.2) is 22.7 Å². The van der Waals surface area contributed by atoms with Crippen LogP contribution in [0.25, 0.3) is 10.9 Å². The molecule has 4 nitrogen and oxygen atoms in total. The number of carbonyl (C=O) groups is 1. The fraction of sp³-hybridized carbons (Fsp3) is 0.100. The lowest BCUT2D eigenvalue weighted by molar-refractivity contribution is 0.0691. The van der Waals surface area contributed by atoms with Gasteiger partial charge in [0.25, 0.3) is 0 Å². The van der Waals surface area contributed by atoms with Crippen molar-refractivity contribution in [3.05, 3.63) is 28.4 Å². The van der Waals surface area contributed by atoms with Crippen molar-refractivity contribution in [2.45, 2.75) is 0 Å². The lowest BCUT2D eigenvalue weighted by Crippen LogP contribution is -1.94. The molecule has 0 unspecified atom stereocenters. The summed E-state index contributed by atoms with van der Waals surface area (Å²) in [6.07, 6.45) is 0. The smallest absolute Gasteiger partial charge is 0.352 e. The van der Waals surface area contributed by atoms with Crippen LogP contribution in [0.3, 0.4) is 0 Å². The third kappa shape index (κ3) is 1.59. The first kappa shape index (κ1) is 10.0. The molecule has 0 fully saturated rings. The van der Waals surface area contributed by atoms with Crippen LogP contribution in [0.1, 0.15) is 10.5 Å². The van der Waals surface area contributed by atoms with E-state index in [1.165, 1.54) is 0 Å². The van der Waals surface area contributed by atoms with Gasteiger partial charge in [-0.05, 0) is 34.1 Å². The molecular formula is C10H8BrNO3. The summed E-state index contributed by atoms with van der Waals surface area (Å²) in [5.41, 5.74) is 0.897. The van der Waals surface area contributed by atoms with E-state index in [4.69, 9.17) is 9.84 Å². The number of aromatic amines is 1. The van der Waals surface area contributed by atoms with E-state index in [0.29, 0.717) is 5.75 Å². The quantitative estimate of drug-likeness (QED) is 0.881. The average molecular weight is 270 g/mol. The number of rotatable bonds is 2. The molecule has 0 radical (unpaired) electrons. The monoisotopic (exact) mass is 269 g/mol. The maximum Gasteiger partial charge on any atom is 0.352 e. The first-order chi connectivity index (χ1) is 7.13. The number of benzene rings is 1. The van der Waals surface area contributed by atoms with Gasteiger partial charge in [0, 0.05) is 10.9 Å².